The third-order valence-electron chi connectivity index (χ3n) is 5.13. The van der Waals surface area contributed by atoms with Gasteiger partial charge in [-0.2, -0.15) is 4.90 Å². The normalized spacial score (nSPS) is 16.5. The highest BCUT2D eigenvalue weighted by Gasteiger charge is 2.36. The molecular formula is C26H32FN3O5. The fraction of sp³-hybridized carbons (Fsp3) is 0.500. The summed E-state index contributed by atoms with van der Waals surface area (Å²) < 4.78 is 25.1. The number of benzene rings is 1. The molecule has 188 valence electrons. The van der Waals surface area contributed by atoms with Crippen LogP contribution in [0.1, 0.15) is 78.8 Å². The van der Waals surface area contributed by atoms with Crippen molar-refractivity contribution >= 4 is 23.8 Å². The number of rotatable bonds is 3. The summed E-state index contributed by atoms with van der Waals surface area (Å²) in [4.78, 5) is 48.2. The van der Waals surface area contributed by atoms with Crippen molar-refractivity contribution < 1.29 is 28.2 Å². The number of carbonyl (C=O) groups is 3. The fourth-order valence-electron chi connectivity index (χ4n) is 3.73. The quantitative estimate of drug-likeness (QED) is 0.511. The first-order chi connectivity index (χ1) is 16.2. The Hall–Kier alpha value is -3.36. The van der Waals surface area contributed by atoms with Gasteiger partial charge >= 0.3 is 12.2 Å². The molecule has 1 aliphatic rings. The standard InChI is InChI=1S/C26H32FN3O5/c1-25(2,3)34-23(32)30(24(33)35-26(4,5)6)22-21(17-10-7-11-18(27)13-17)29-20(15-28-22)16-9-8-12-19(31)14-16/h7,10-11,13,15-16H,8-9,12,14H2,1-6H3. The van der Waals surface area contributed by atoms with Gasteiger partial charge in [0.25, 0.3) is 0 Å². The Bertz CT molecular complexity index is 1090. The molecule has 0 N–H and O–H groups in total. The van der Waals surface area contributed by atoms with Crippen molar-refractivity contribution in [3.8, 4) is 11.3 Å². The molecule has 1 atom stereocenters. The number of Topliss-reactive ketones (excluding diaryl/α,β-unsaturated/α-hetero) is 1. The molecule has 0 saturated heterocycles. The number of amides is 2. The first-order valence-electron chi connectivity index (χ1n) is 11.6. The molecule has 0 spiro atoms. The Morgan fingerprint density at radius 1 is 1.06 bits per heavy atom. The van der Waals surface area contributed by atoms with Gasteiger partial charge in [0, 0.05) is 24.3 Å². The zero-order valence-electron chi connectivity index (χ0n) is 21.1. The van der Waals surface area contributed by atoms with E-state index in [4.69, 9.17) is 9.47 Å². The van der Waals surface area contributed by atoms with E-state index >= 15 is 0 Å². The van der Waals surface area contributed by atoms with E-state index in [2.05, 4.69) is 9.97 Å². The van der Waals surface area contributed by atoms with Gasteiger partial charge in [-0.25, -0.2) is 23.9 Å². The minimum absolute atomic E-state index is 0.108. The Morgan fingerprint density at radius 2 is 1.69 bits per heavy atom. The number of anilines is 1. The summed E-state index contributed by atoms with van der Waals surface area (Å²) in [7, 11) is 0. The van der Waals surface area contributed by atoms with Crippen LogP contribution in [-0.2, 0) is 14.3 Å². The summed E-state index contributed by atoms with van der Waals surface area (Å²) in [6.07, 6.45) is 1.80. The number of halogens is 1. The Morgan fingerprint density at radius 3 is 2.23 bits per heavy atom. The zero-order chi connectivity index (χ0) is 26.0. The van der Waals surface area contributed by atoms with Gasteiger partial charge in [0.2, 0.25) is 0 Å². The monoisotopic (exact) mass is 485 g/mol. The average Bonchev–Trinajstić information content (AvgIpc) is 2.71. The molecular weight excluding hydrogens is 453 g/mol. The Labute approximate surface area is 204 Å². The third kappa shape index (κ3) is 7.07. The van der Waals surface area contributed by atoms with Crippen LogP contribution in [0.2, 0.25) is 0 Å². The van der Waals surface area contributed by atoms with Gasteiger partial charge in [-0.15, -0.1) is 0 Å². The number of aromatic nitrogens is 2. The molecule has 9 heteroatoms. The van der Waals surface area contributed by atoms with E-state index in [0.717, 1.165) is 12.8 Å². The van der Waals surface area contributed by atoms with Gasteiger partial charge in [-0.3, -0.25) is 4.79 Å². The summed E-state index contributed by atoms with van der Waals surface area (Å²) >= 11 is 0. The summed E-state index contributed by atoms with van der Waals surface area (Å²) in [6.45, 7) is 10.0. The summed E-state index contributed by atoms with van der Waals surface area (Å²) in [6, 6.07) is 5.62. The first-order valence-corrected chi connectivity index (χ1v) is 11.6. The van der Waals surface area contributed by atoms with E-state index in [1.54, 1.807) is 47.6 Å². The van der Waals surface area contributed by atoms with Crippen molar-refractivity contribution in [3.05, 3.63) is 42.0 Å². The highest BCUT2D eigenvalue weighted by atomic mass is 19.1. The van der Waals surface area contributed by atoms with Gasteiger partial charge in [0.1, 0.15) is 28.5 Å². The zero-order valence-corrected chi connectivity index (χ0v) is 21.1. The van der Waals surface area contributed by atoms with E-state index in [1.807, 2.05) is 0 Å². The van der Waals surface area contributed by atoms with E-state index in [-0.39, 0.29) is 23.2 Å². The molecule has 1 heterocycles. The maximum absolute atomic E-state index is 14.2. The van der Waals surface area contributed by atoms with Crippen LogP contribution in [0, 0.1) is 5.82 Å². The molecule has 1 fully saturated rings. The predicted octanol–water partition coefficient (Wildman–Crippen LogP) is 6.19. The predicted molar refractivity (Wildman–Crippen MR) is 129 cm³/mol. The SMILES string of the molecule is CC(C)(C)OC(=O)N(C(=O)OC(C)(C)C)c1ncc(C2CCCC(=O)C2)nc1-c1cccc(F)c1. The van der Waals surface area contributed by atoms with Crippen LogP contribution >= 0.6 is 0 Å². The van der Waals surface area contributed by atoms with Crippen molar-refractivity contribution in [2.24, 2.45) is 0 Å². The van der Waals surface area contributed by atoms with E-state index < -0.39 is 29.2 Å². The van der Waals surface area contributed by atoms with Gasteiger partial charge in [0.05, 0.1) is 11.9 Å². The maximum atomic E-state index is 14.2. The van der Waals surface area contributed by atoms with E-state index in [0.29, 0.717) is 29.0 Å². The second kappa shape index (κ2) is 10.1. The lowest BCUT2D eigenvalue weighted by Gasteiger charge is -2.29. The summed E-state index contributed by atoms with van der Waals surface area (Å²) in [5, 5.41) is 0. The number of hydrogen-bond donors (Lipinski definition) is 0. The van der Waals surface area contributed by atoms with Crippen LogP contribution in [-0.4, -0.2) is 39.1 Å². The molecule has 2 aromatic rings. The van der Waals surface area contributed by atoms with E-state index in [9.17, 15) is 18.8 Å². The molecule has 0 bridgehead atoms. The molecule has 8 nitrogen and oxygen atoms in total. The van der Waals surface area contributed by atoms with Gasteiger partial charge in [-0.1, -0.05) is 12.1 Å². The third-order valence-corrected chi connectivity index (χ3v) is 5.13. The Kier molecular flexibility index (Phi) is 7.57. The van der Waals surface area contributed by atoms with Crippen LogP contribution < -0.4 is 4.90 Å². The molecule has 2 amide bonds. The maximum Gasteiger partial charge on any atom is 0.425 e. The molecule has 1 saturated carbocycles. The Balaban J connectivity index is 2.17. The number of hydrogen-bond acceptors (Lipinski definition) is 7. The number of ketones is 1. The number of ether oxygens (including phenoxy) is 2. The molecule has 3 rings (SSSR count). The molecule has 1 aliphatic carbocycles. The molecule has 1 aromatic heterocycles. The van der Waals surface area contributed by atoms with Gasteiger partial charge < -0.3 is 9.47 Å². The molecule has 0 radical (unpaired) electrons. The largest absolute Gasteiger partial charge is 0.443 e. The minimum atomic E-state index is -1.00. The lowest BCUT2D eigenvalue weighted by Crippen LogP contribution is -2.44. The topological polar surface area (TPSA) is 98.7 Å². The second-order valence-electron chi connectivity index (χ2n) is 10.6. The van der Waals surface area contributed by atoms with Crippen molar-refractivity contribution in [1.29, 1.82) is 0 Å². The fourth-order valence-corrected chi connectivity index (χ4v) is 3.73. The average molecular weight is 486 g/mol. The van der Waals surface area contributed by atoms with Crippen LogP contribution in [0.4, 0.5) is 19.8 Å². The second-order valence-corrected chi connectivity index (χ2v) is 10.6. The van der Waals surface area contributed by atoms with Crippen molar-refractivity contribution in [1.82, 2.24) is 9.97 Å². The van der Waals surface area contributed by atoms with Crippen LogP contribution in [0.15, 0.2) is 30.5 Å². The van der Waals surface area contributed by atoms with Crippen LogP contribution in [0.25, 0.3) is 11.3 Å². The minimum Gasteiger partial charge on any atom is -0.443 e. The smallest absolute Gasteiger partial charge is 0.425 e. The van der Waals surface area contributed by atoms with Crippen LogP contribution in [0.5, 0.6) is 0 Å². The van der Waals surface area contributed by atoms with Gasteiger partial charge in [0.15, 0.2) is 5.82 Å². The highest BCUT2D eigenvalue weighted by Crippen LogP contribution is 2.35. The van der Waals surface area contributed by atoms with Crippen molar-refractivity contribution in [2.75, 3.05) is 4.90 Å². The summed E-state index contributed by atoms with van der Waals surface area (Å²) in [5.41, 5.74) is -0.863. The lowest BCUT2D eigenvalue weighted by molar-refractivity contribution is -0.120. The molecule has 1 aromatic carbocycles. The first kappa shape index (κ1) is 26.2. The number of carbonyl (C=O) groups excluding carboxylic acids is 3. The van der Waals surface area contributed by atoms with Gasteiger partial charge in [-0.05, 0) is 66.5 Å². The molecule has 35 heavy (non-hydrogen) atoms. The number of nitrogens with zero attached hydrogens (tertiary/aromatic N) is 3. The molecule has 1 unspecified atom stereocenters. The highest BCUT2D eigenvalue weighted by molar-refractivity contribution is 6.10. The molecule has 0 aliphatic heterocycles. The van der Waals surface area contributed by atoms with Crippen LogP contribution in [0.3, 0.4) is 0 Å². The lowest BCUT2D eigenvalue weighted by atomic mass is 9.86. The summed E-state index contributed by atoms with van der Waals surface area (Å²) in [5.74, 6) is -0.676. The number of imide groups is 1. The van der Waals surface area contributed by atoms with Crippen molar-refractivity contribution in [2.45, 2.75) is 84.3 Å². The van der Waals surface area contributed by atoms with Crippen molar-refractivity contribution in [3.63, 3.8) is 0 Å². The van der Waals surface area contributed by atoms with E-state index in [1.165, 1.54) is 24.4 Å².